The molecular formula is C12H18ClNO. The molecule has 2 atom stereocenters. The summed E-state index contributed by atoms with van der Waals surface area (Å²) in [7, 11) is 0. The maximum atomic E-state index is 8.99. The number of benzene rings is 1. The van der Waals surface area contributed by atoms with E-state index in [1.54, 1.807) is 0 Å². The van der Waals surface area contributed by atoms with E-state index in [1.807, 2.05) is 25.1 Å². The molecule has 0 fully saturated rings. The largest absolute Gasteiger partial charge is 0.395 e. The van der Waals surface area contributed by atoms with Crippen LogP contribution in [-0.2, 0) is 0 Å². The molecule has 0 radical (unpaired) electrons. The molecule has 0 bridgehead atoms. The first-order chi connectivity index (χ1) is 7.17. The SMILES string of the molecule is CCC(NC(C)CO)c1cccc(Cl)c1. The van der Waals surface area contributed by atoms with Crippen molar-refractivity contribution in [1.29, 1.82) is 0 Å². The van der Waals surface area contributed by atoms with Crippen molar-refractivity contribution in [1.82, 2.24) is 5.32 Å². The van der Waals surface area contributed by atoms with Gasteiger partial charge in [0.1, 0.15) is 0 Å². The van der Waals surface area contributed by atoms with Crippen molar-refractivity contribution >= 4 is 11.6 Å². The van der Waals surface area contributed by atoms with E-state index in [2.05, 4.69) is 18.3 Å². The summed E-state index contributed by atoms with van der Waals surface area (Å²) < 4.78 is 0. The predicted octanol–water partition coefficient (Wildman–Crippen LogP) is 2.76. The Morgan fingerprint density at radius 2 is 2.20 bits per heavy atom. The molecule has 2 N–H and O–H groups in total. The van der Waals surface area contributed by atoms with Gasteiger partial charge in [0.15, 0.2) is 0 Å². The summed E-state index contributed by atoms with van der Waals surface area (Å²) in [5, 5.41) is 13.1. The van der Waals surface area contributed by atoms with E-state index in [0.717, 1.165) is 11.4 Å². The fourth-order valence-corrected chi connectivity index (χ4v) is 1.77. The average molecular weight is 228 g/mol. The minimum absolute atomic E-state index is 0.105. The number of nitrogens with one attached hydrogen (secondary N) is 1. The van der Waals surface area contributed by atoms with Crippen LogP contribution in [0.2, 0.25) is 5.02 Å². The number of halogens is 1. The molecule has 0 saturated heterocycles. The van der Waals surface area contributed by atoms with E-state index in [9.17, 15) is 0 Å². The molecule has 84 valence electrons. The molecule has 2 unspecified atom stereocenters. The number of aliphatic hydroxyl groups is 1. The summed E-state index contributed by atoms with van der Waals surface area (Å²) in [5.74, 6) is 0. The zero-order valence-corrected chi connectivity index (χ0v) is 9.96. The van der Waals surface area contributed by atoms with Crippen LogP contribution in [0, 0.1) is 0 Å². The Morgan fingerprint density at radius 3 is 2.73 bits per heavy atom. The molecule has 0 amide bonds. The minimum Gasteiger partial charge on any atom is -0.395 e. The first-order valence-corrected chi connectivity index (χ1v) is 5.67. The van der Waals surface area contributed by atoms with Crippen LogP contribution in [-0.4, -0.2) is 17.8 Å². The monoisotopic (exact) mass is 227 g/mol. The Hall–Kier alpha value is -0.570. The van der Waals surface area contributed by atoms with Gasteiger partial charge in [-0.3, -0.25) is 0 Å². The second-order valence-corrected chi connectivity index (χ2v) is 4.20. The third-order valence-corrected chi connectivity index (χ3v) is 2.65. The number of aliphatic hydroxyl groups excluding tert-OH is 1. The van der Waals surface area contributed by atoms with Gasteiger partial charge in [0.05, 0.1) is 6.61 Å². The Balaban J connectivity index is 2.73. The van der Waals surface area contributed by atoms with Crippen molar-refractivity contribution in [3.63, 3.8) is 0 Å². The van der Waals surface area contributed by atoms with Gasteiger partial charge in [-0.15, -0.1) is 0 Å². The highest BCUT2D eigenvalue weighted by Gasteiger charge is 2.11. The number of hydrogen-bond acceptors (Lipinski definition) is 2. The zero-order valence-electron chi connectivity index (χ0n) is 9.20. The lowest BCUT2D eigenvalue weighted by atomic mass is 10.0. The molecule has 15 heavy (non-hydrogen) atoms. The van der Waals surface area contributed by atoms with Gasteiger partial charge in [-0.25, -0.2) is 0 Å². The van der Waals surface area contributed by atoms with Gasteiger partial charge < -0.3 is 10.4 Å². The molecule has 0 aliphatic rings. The van der Waals surface area contributed by atoms with Crippen LogP contribution in [0.3, 0.4) is 0 Å². The van der Waals surface area contributed by atoms with Gasteiger partial charge in [-0.2, -0.15) is 0 Å². The highest BCUT2D eigenvalue weighted by molar-refractivity contribution is 6.30. The van der Waals surface area contributed by atoms with Crippen LogP contribution in [0.4, 0.5) is 0 Å². The van der Waals surface area contributed by atoms with Gasteiger partial charge in [0.2, 0.25) is 0 Å². The van der Waals surface area contributed by atoms with Crippen LogP contribution in [0.25, 0.3) is 0 Å². The molecule has 0 aromatic heterocycles. The molecule has 0 heterocycles. The van der Waals surface area contributed by atoms with Gasteiger partial charge in [-0.1, -0.05) is 30.7 Å². The van der Waals surface area contributed by atoms with Crippen molar-refractivity contribution in [2.45, 2.75) is 32.4 Å². The Kier molecular flexibility index (Phi) is 5.09. The van der Waals surface area contributed by atoms with Crippen LogP contribution in [0.1, 0.15) is 31.9 Å². The molecule has 0 aliphatic heterocycles. The fraction of sp³-hybridized carbons (Fsp3) is 0.500. The lowest BCUT2D eigenvalue weighted by molar-refractivity contribution is 0.239. The molecule has 2 nitrogen and oxygen atoms in total. The van der Waals surface area contributed by atoms with Crippen LogP contribution >= 0.6 is 11.6 Å². The molecule has 1 aromatic rings. The Bertz CT molecular complexity index is 303. The third-order valence-electron chi connectivity index (χ3n) is 2.42. The molecule has 1 rings (SSSR count). The molecule has 3 heteroatoms. The van der Waals surface area contributed by atoms with E-state index < -0.39 is 0 Å². The maximum Gasteiger partial charge on any atom is 0.0582 e. The van der Waals surface area contributed by atoms with Gasteiger partial charge in [0, 0.05) is 17.1 Å². The van der Waals surface area contributed by atoms with E-state index >= 15 is 0 Å². The quantitative estimate of drug-likeness (QED) is 0.811. The van der Waals surface area contributed by atoms with Gasteiger partial charge in [0.25, 0.3) is 0 Å². The van der Waals surface area contributed by atoms with Crippen molar-refractivity contribution in [3.05, 3.63) is 34.9 Å². The van der Waals surface area contributed by atoms with E-state index in [4.69, 9.17) is 16.7 Å². The molecular weight excluding hydrogens is 210 g/mol. The summed E-state index contributed by atoms with van der Waals surface area (Å²) in [4.78, 5) is 0. The predicted molar refractivity (Wildman–Crippen MR) is 64.2 cm³/mol. The van der Waals surface area contributed by atoms with Crippen LogP contribution in [0.15, 0.2) is 24.3 Å². The van der Waals surface area contributed by atoms with Crippen molar-refractivity contribution in [2.75, 3.05) is 6.61 Å². The second kappa shape index (κ2) is 6.11. The number of rotatable bonds is 5. The molecule has 0 saturated carbocycles. The van der Waals surface area contributed by atoms with E-state index in [1.165, 1.54) is 5.56 Å². The number of hydrogen-bond donors (Lipinski definition) is 2. The van der Waals surface area contributed by atoms with Crippen molar-refractivity contribution < 1.29 is 5.11 Å². The lowest BCUT2D eigenvalue weighted by Gasteiger charge is -2.21. The van der Waals surface area contributed by atoms with Crippen LogP contribution in [0.5, 0.6) is 0 Å². The van der Waals surface area contributed by atoms with E-state index in [-0.39, 0.29) is 18.7 Å². The summed E-state index contributed by atoms with van der Waals surface area (Å²) in [6.07, 6.45) is 0.977. The van der Waals surface area contributed by atoms with Gasteiger partial charge in [-0.05, 0) is 31.0 Å². The summed E-state index contributed by atoms with van der Waals surface area (Å²) >= 11 is 5.94. The topological polar surface area (TPSA) is 32.3 Å². The molecule has 1 aromatic carbocycles. The molecule has 0 spiro atoms. The Morgan fingerprint density at radius 1 is 1.47 bits per heavy atom. The van der Waals surface area contributed by atoms with Crippen molar-refractivity contribution in [2.24, 2.45) is 0 Å². The standard InChI is InChI=1S/C12H18ClNO/c1-3-12(14-9(2)8-15)10-5-4-6-11(13)7-10/h4-7,9,12,14-15H,3,8H2,1-2H3. The highest BCUT2D eigenvalue weighted by atomic mass is 35.5. The minimum atomic E-state index is 0.105. The van der Waals surface area contributed by atoms with Crippen molar-refractivity contribution in [3.8, 4) is 0 Å². The first kappa shape index (κ1) is 12.5. The zero-order chi connectivity index (χ0) is 11.3. The Labute approximate surface area is 96.3 Å². The average Bonchev–Trinajstić information content (AvgIpc) is 2.25. The summed E-state index contributed by atoms with van der Waals surface area (Å²) in [5.41, 5.74) is 1.17. The second-order valence-electron chi connectivity index (χ2n) is 3.77. The normalized spacial score (nSPS) is 14.9. The van der Waals surface area contributed by atoms with E-state index in [0.29, 0.717) is 0 Å². The summed E-state index contributed by atoms with van der Waals surface area (Å²) in [6, 6.07) is 8.20. The summed E-state index contributed by atoms with van der Waals surface area (Å²) in [6.45, 7) is 4.23. The van der Waals surface area contributed by atoms with Crippen LogP contribution < -0.4 is 5.32 Å². The van der Waals surface area contributed by atoms with Gasteiger partial charge >= 0.3 is 0 Å². The third kappa shape index (κ3) is 3.82. The smallest absolute Gasteiger partial charge is 0.0582 e. The maximum absolute atomic E-state index is 8.99. The fourth-order valence-electron chi connectivity index (χ4n) is 1.57. The molecule has 0 aliphatic carbocycles. The first-order valence-electron chi connectivity index (χ1n) is 5.29. The highest BCUT2D eigenvalue weighted by Crippen LogP contribution is 2.20. The lowest BCUT2D eigenvalue weighted by Crippen LogP contribution is -2.32.